The molecule has 0 spiro atoms. The molecule has 254 valence electrons. The number of alkyl halides is 3. The molecule has 5 rings (SSSR count). The zero-order valence-electron chi connectivity index (χ0n) is 44.8. The first kappa shape index (κ1) is 18.2. The molecule has 1 aliphatic carbocycles. The van der Waals surface area contributed by atoms with Crippen molar-refractivity contribution < 1.29 is 48.4 Å². The highest BCUT2D eigenvalue weighted by atomic mass is 32.2. The van der Waals surface area contributed by atoms with E-state index in [-0.39, 0.29) is 22.9 Å². The lowest BCUT2D eigenvalue weighted by molar-refractivity contribution is -0.137. The van der Waals surface area contributed by atoms with Gasteiger partial charge in [-0.05, 0) is 78.2 Å². The standard InChI is InChI=1S/C37H40F4N4O2S/c1-4-43(5-2)18-19-44(22-26-6-10-28(11-7-26)29-12-14-30(15-13-29)37(39,40)41)34(46)23-45-33-21-25(3)20-32(33)35(47)42-36(45)48-24-27-8-16-31(38)17-9-27/h6-17,25H,4-5,18-24H2,1-3H3/i6D,7D,8D,9D,10D,11D,12D,13D,14D,15D,16D,17D,20D2,21D2,23D2,25D. The second kappa shape index (κ2) is 15.5. The Kier molecular flexibility index (Phi) is 5.86. The molecule has 0 aliphatic heterocycles. The van der Waals surface area contributed by atoms with Crippen LogP contribution in [-0.4, -0.2) is 51.4 Å². The highest BCUT2D eigenvalue weighted by molar-refractivity contribution is 7.98. The third-order valence-electron chi connectivity index (χ3n) is 6.93. The maximum atomic E-state index is 15.0. The molecule has 0 radical (unpaired) electrons. The number of amides is 1. The lowest BCUT2D eigenvalue weighted by Gasteiger charge is -2.28. The molecule has 1 aliphatic rings. The van der Waals surface area contributed by atoms with Crippen LogP contribution in [0.4, 0.5) is 17.6 Å². The number of hydrogen-bond donors (Lipinski definition) is 0. The normalized spacial score (nSPS) is 24.0. The second-order valence-corrected chi connectivity index (χ2v) is 11.1. The van der Waals surface area contributed by atoms with Gasteiger partial charge in [0.25, 0.3) is 5.56 Å². The number of hydrogen-bond acceptors (Lipinski definition) is 5. The Morgan fingerprint density at radius 2 is 1.60 bits per heavy atom. The van der Waals surface area contributed by atoms with Crippen LogP contribution in [0, 0.1) is 11.7 Å². The third-order valence-corrected chi connectivity index (χ3v) is 7.90. The van der Waals surface area contributed by atoms with Crippen LogP contribution in [0.25, 0.3) is 11.1 Å². The van der Waals surface area contributed by atoms with E-state index in [1.165, 1.54) is 0 Å². The van der Waals surface area contributed by atoms with Gasteiger partial charge in [-0.2, -0.15) is 18.2 Å². The summed E-state index contributed by atoms with van der Waals surface area (Å²) in [6.45, 7) is -0.367. The molecule has 1 heterocycles. The van der Waals surface area contributed by atoms with Crippen molar-refractivity contribution in [1.82, 2.24) is 19.4 Å². The van der Waals surface area contributed by atoms with Crippen molar-refractivity contribution in [2.45, 2.75) is 63.6 Å². The van der Waals surface area contributed by atoms with Crippen molar-refractivity contribution in [1.29, 1.82) is 0 Å². The Morgan fingerprint density at radius 3 is 2.21 bits per heavy atom. The van der Waals surface area contributed by atoms with Gasteiger partial charge in [-0.1, -0.05) is 80.9 Å². The van der Waals surface area contributed by atoms with Gasteiger partial charge >= 0.3 is 6.18 Å². The Labute approximate surface area is 309 Å². The molecule has 0 N–H and O–H groups in total. The van der Waals surface area contributed by atoms with Crippen LogP contribution in [-0.2, 0) is 42.5 Å². The van der Waals surface area contributed by atoms with Crippen LogP contribution in [0.2, 0.25) is 0 Å². The van der Waals surface area contributed by atoms with Crippen molar-refractivity contribution >= 4 is 17.7 Å². The van der Waals surface area contributed by atoms with Crippen LogP contribution in [0.1, 0.15) is 74.8 Å². The number of thioether (sulfide) groups is 1. The number of likely N-dealkylation sites (N-methyl/N-ethyl adjacent to an activating group) is 1. The van der Waals surface area contributed by atoms with Crippen LogP contribution < -0.4 is 5.56 Å². The molecule has 48 heavy (non-hydrogen) atoms. The van der Waals surface area contributed by atoms with Crippen LogP contribution >= 0.6 is 11.8 Å². The summed E-state index contributed by atoms with van der Waals surface area (Å²) in [6, 6.07) is -14.0. The minimum atomic E-state index is -5.36. The number of carbonyl (C=O) groups excluding carboxylic acids is 1. The molecule has 0 saturated heterocycles. The number of carbonyl (C=O) groups is 1. The number of halogens is 4. The number of nitrogens with zero attached hydrogens (tertiary/aromatic N) is 4. The Hall–Kier alpha value is -3.96. The van der Waals surface area contributed by atoms with Gasteiger partial charge in [-0.3, -0.25) is 9.59 Å². The Balaban J connectivity index is 1.76. The van der Waals surface area contributed by atoms with Gasteiger partial charge in [-0.25, -0.2) is 4.39 Å². The van der Waals surface area contributed by atoms with E-state index in [1.54, 1.807) is 18.7 Å². The Morgan fingerprint density at radius 1 is 1.00 bits per heavy atom. The van der Waals surface area contributed by atoms with Crippen molar-refractivity contribution in [2.75, 3.05) is 26.2 Å². The summed E-state index contributed by atoms with van der Waals surface area (Å²) >= 11 is 0.257. The molecule has 1 unspecified atom stereocenters. The molecule has 0 bridgehead atoms. The maximum Gasteiger partial charge on any atom is 0.416 e. The summed E-state index contributed by atoms with van der Waals surface area (Å²) in [5, 5.41) is -0.908. The van der Waals surface area contributed by atoms with E-state index in [0.29, 0.717) is 18.0 Å². The van der Waals surface area contributed by atoms with Crippen LogP contribution in [0.15, 0.2) is 82.5 Å². The van der Waals surface area contributed by atoms with Gasteiger partial charge in [0.1, 0.15) is 12.3 Å². The molecular formula is C37H40F4N4O2S. The second-order valence-electron chi connectivity index (χ2n) is 10.2. The monoisotopic (exact) mass is 699 g/mol. The SMILES string of the molecule is [2H]c1c([2H])c(CSc2nc(=O)c3c(n2C([2H])([2H])C(=O)N(CCN(CC)CC)Cc2c([2H])c([2H])c(-c4c([2H])c([2H])c(C(F)(F)F)c([2H])c4[2H])c([2H])c2[2H])C([2H])([2H])C([2H])(C)C3([2H])[2H])c([2H])c([2H])c1F. The average molecular weight is 700 g/mol. The van der Waals surface area contributed by atoms with E-state index in [0.717, 1.165) is 6.92 Å². The van der Waals surface area contributed by atoms with E-state index in [2.05, 4.69) is 4.98 Å². The summed E-state index contributed by atoms with van der Waals surface area (Å²) in [4.78, 5) is 34.9. The molecule has 3 aromatic carbocycles. The Bertz CT molecular complexity index is 2680. The summed E-state index contributed by atoms with van der Waals surface area (Å²) in [5.74, 6) is -6.85. The van der Waals surface area contributed by atoms with Gasteiger partial charge < -0.3 is 14.4 Å². The first-order chi connectivity index (χ1) is 30.6. The maximum absolute atomic E-state index is 15.0. The van der Waals surface area contributed by atoms with Crippen molar-refractivity contribution in [3.05, 3.63) is 117 Å². The number of benzene rings is 3. The predicted octanol–water partition coefficient (Wildman–Crippen LogP) is 7.47. The molecule has 1 aromatic heterocycles. The number of aromatic nitrogens is 2. The fourth-order valence-electron chi connectivity index (χ4n) is 4.39. The van der Waals surface area contributed by atoms with Gasteiger partial charge in [0, 0.05) is 43.5 Å². The van der Waals surface area contributed by atoms with E-state index < -0.39 is 184 Å². The van der Waals surface area contributed by atoms with Crippen LogP contribution in [0.5, 0.6) is 0 Å². The van der Waals surface area contributed by atoms with Crippen LogP contribution in [0.3, 0.4) is 0 Å². The summed E-state index contributed by atoms with van der Waals surface area (Å²) < 4.78 is 219. The third kappa shape index (κ3) is 8.73. The fraction of sp³-hybridized carbons (Fsp3) is 0.378. The van der Waals surface area contributed by atoms with Gasteiger partial charge in [0.2, 0.25) is 5.91 Å². The molecule has 4 aromatic rings. The quantitative estimate of drug-likeness (QED) is 0.0824. The first-order valence-corrected chi connectivity index (χ1v) is 15.4. The molecule has 11 heteroatoms. The smallest absolute Gasteiger partial charge is 0.336 e. The highest BCUT2D eigenvalue weighted by Crippen LogP contribution is 2.32. The highest BCUT2D eigenvalue weighted by Gasteiger charge is 2.30. The fourth-order valence-corrected chi connectivity index (χ4v) is 5.23. The number of fused-ring (bicyclic) bond motifs is 1. The minimum absolute atomic E-state index is 0.0755. The first-order valence-electron chi connectivity index (χ1n) is 24.0. The average Bonchev–Trinajstić information content (AvgIpc) is 3.35. The summed E-state index contributed by atoms with van der Waals surface area (Å²) in [6.07, 6.45) is -11.9. The zero-order chi connectivity index (χ0) is 51.2. The molecule has 0 saturated carbocycles. The molecule has 0 fully saturated rings. The largest absolute Gasteiger partial charge is 0.416 e. The predicted molar refractivity (Wildman–Crippen MR) is 181 cm³/mol. The van der Waals surface area contributed by atoms with E-state index in [1.807, 2.05) is 0 Å². The number of rotatable bonds is 13. The molecular weight excluding hydrogens is 640 g/mol. The molecule has 6 nitrogen and oxygen atoms in total. The summed E-state index contributed by atoms with van der Waals surface area (Å²) in [5.41, 5.74) is -8.87. The van der Waals surface area contributed by atoms with E-state index in [9.17, 15) is 29.9 Å². The molecule has 1 atom stereocenters. The van der Waals surface area contributed by atoms with E-state index in [4.69, 9.17) is 23.3 Å². The van der Waals surface area contributed by atoms with Gasteiger partial charge in [0.15, 0.2) is 5.16 Å². The summed E-state index contributed by atoms with van der Waals surface area (Å²) in [7, 11) is 0. The van der Waals surface area contributed by atoms with Crippen molar-refractivity contribution in [2.24, 2.45) is 5.89 Å². The van der Waals surface area contributed by atoms with E-state index >= 15 is 0 Å². The zero-order valence-corrected chi connectivity index (χ0v) is 26.6. The van der Waals surface area contributed by atoms with Crippen molar-refractivity contribution in [3.63, 3.8) is 0 Å². The topological polar surface area (TPSA) is 58.4 Å². The lowest BCUT2D eigenvalue weighted by atomic mass is 10.0. The minimum Gasteiger partial charge on any atom is -0.336 e. The lowest BCUT2D eigenvalue weighted by Crippen LogP contribution is -2.40. The van der Waals surface area contributed by atoms with Crippen molar-refractivity contribution in [3.8, 4) is 11.1 Å². The van der Waals surface area contributed by atoms with Gasteiger partial charge in [-0.15, -0.1) is 0 Å². The van der Waals surface area contributed by atoms with Gasteiger partial charge in [0.05, 0.1) is 24.8 Å². The molecule has 1 amide bonds.